The predicted molar refractivity (Wildman–Crippen MR) is 174 cm³/mol. The molecule has 6 heteroatoms. The first-order valence-electron chi connectivity index (χ1n) is 15.7. The molecule has 0 spiro atoms. The van der Waals surface area contributed by atoms with Crippen LogP contribution in [-0.2, 0) is 19.7 Å². The van der Waals surface area contributed by atoms with Gasteiger partial charge in [-0.05, 0) is 94.3 Å². The Bertz CT molecular complexity index is 1430. The Balaban J connectivity index is 1.36. The number of aromatic nitrogens is 1. The second-order valence-corrected chi connectivity index (χ2v) is 12.7. The number of rotatable bonds is 10. The van der Waals surface area contributed by atoms with Gasteiger partial charge in [-0.2, -0.15) is 0 Å². The maximum atomic E-state index is 6.48. The lowest BCUT2D eigenvalue weighted by Crippen LogP contribution is -2.43. The third-order valence-corrected chi connectivity index (χ3v) is 9.69. The molecule has 5 nitrogen and oxygen atoms in total. The molecular weight excluding hydrogens is 540 g/mol. The Morgan fingerprint density at radius 1 is 0.833 bits per heavy atom. The van der Waals surface area contributed by atoms with Crippen LogP contribution >= 0.6 is 11.6 Å². The Kier molecular flexibility index (Phi) is 9.50. The smallest absolute Gasteiger partial charge is 0.129 e. The van der Waals surface area contributed by atoms with Crippen LogP contribution in [-0.4, -0.2) is 65.6 Å². The third-order valence-electron chi connectivity index (χ3n) is 9.43. The van der Waals surface area contributed by atoms with Crippen molar-refractivity contribution < 1.29 is 4.74 Å². The van der Waals surface area contributed by atoms with Gasteiger partial charge in [0.2, 0.25) is 0 Å². The Hall–Kier alpha value is -2.83. The Morgan fingerprint density at radius 2 is 1.57 bits per heavy atom. The summed E-state index contributed by atoms with van der Waals surface area (Å²) in [5.74, 6) is 0.854. The third kappa shape index (κ3) is 6.70. The molecule has 2 atom stereocenters. The molecule has 2 unspecified atom stereocenters. The number of benzene rings is 3. The molecule has 3 heterocycles. The first kappa shape index (κ1) is 29.3. The number of para-hydroxylation sites is 1. The SMILES string of the molecule is CN(C)C1CCN(Cc2c(COc3ccc(Cl)cc3)n(CCN3CCCCC3)c3ccccc23)C(c2ccccc2)C1. The normalized spacial score (nSPS) is 20.4. The highest BCUT2D eigenvalue weighted by atomic mass is 35.5. The van der Waals surface area contributed by atoms with Crippen LogP contribution in [0.4, 0.5) is 0 Å². The number of nitrogens with zero attached hydrogens (tertiary/aromatic N) is 4. The van der Waals surface area contributed by atoms with Crippen LogP contribution in [0.2, 0.25) is 5.02 Å². The number of fused-ring (bicyclic) bond motifs is 1. The van der Waals surface area contributed by atoms with Crippen molar-refractivity contribution in [3.05, 3.63) is 101 Å². The topological polar surface area (TPSA) is 23.9 Å². The molecule has 222 valence electrons. The molecule has 0 bridgehead atoms. The fraction of sp³-hybridized carbons (Fsp3) is 0.444. The molecule has 0 saturated carbocycles. The van der Waals surface area contributed by atoms with Crippen molar-refractivity contribution in [1.82, 2.24) is 19.3 Å². The summed E-state index contributed by atoms with van der Waals surface area (Å²) in [7, 11) is 4.45. The van der Waals surface area contributed by atoms with Crippen LogP contribution < -0.4 is 4.74 Å². The fourth-order valence-electron chi connectivity index (χ4n) is 7.01. The standard InChI is InChI=1S/C36H45ClN4O/c1-38(2)30-19-22-40(35(25-30)28-11-5-3-6-12-28)26-33-32-13-7-8-14-34(32)41(24-23-39-20-9-4-10-21-39)36(33)27-42-31-17-15-29(37)16-18-31/h3,5-8,11-18,30,35H,4,9-10,19-27H2,1-2H3. The summed E-state index contributed by atoms with van der Waals surface area (Å²) < 4.78 is 9.04. The van der Waals surface area contributed by atoms with Gasteiger partial charge >= 0.3 is 0 Å². The molecule has 42 heavy (non-hydrogen) atoms. The first-order chi connectivity index (χ1) is 20.6. The molecule has 4 aromatic rings. The average Bonchev–Trinajstić information content (AvgIpc) is 3.32. The van der Waals surface area contributed by atoms with Crippen molar-refractivity contribution in [2.75, 3.05) is 40.3 Å². The number of hydrogen-bond donors (Lipinski definition) is 0. The minimum absolute atomic E-state index is 0.382. The maximum absolute atomic E-state index is 6.48. The number of halogens is 1. The van der Waals surface area contributed by atoms with Crippen LogP contribution in [0, 0.1) is 0 Å². The van der Waals surface area contributed by atoms with Crippen molar-refractivity contribution in [3.8, 4) is 5.75 Å². The number of likely N-dealkylation sites (tertiary alicyclic amines) is 2. The van der Waals surface area contributed by atoms with E-state index in [-0.39, 0.29) is 0 Å². The zero-order chi connectivity index (χ0) is 28.9. The second kappa shape index (κ2) is 13.6. The van der Waals surface area contributed by atoms with Crippen LogP contribution in [0.15, 0.2) is 78.9 Å². The van der Waals surface area contributed by atoms with E-state index < -0.39 is 0 Å². The van der Waals surface area contributed by atoms with Gasteiger partial charge < -0.3 is 19.1 Å². The van der Waals surface area contributed by atoms with Gasteiger partial charge in [0.15, 0.2) is 0 Å². The Morgan fingerprint density at radius 3 is 2.33 bits per heavy atom. The lowest BCUT2D eigenvalue weighted by atomic mass is 9.90. The summed E-state index contributed by atoms with van der Waals surface area (Å²) in [5, 5.41) is 2.08. The summed E-state index contributed by atoms with van der Waals surface area (Å²) in [5.41, 5.74) is 5.43. The van der Waals surface area contributed by atoms with E-state index in [1.807, 2.05) is 24.3 Å². The molecule has 0 amide bonds. The monoisotopic (exact) mass is 584 g/mol. The second-order valence-electron chi connectivity index (χ2n) is 12.3. The van der Waals surface area contributed by atoms with Gasteiger partial charge in [-0.1, -0.05) is 66.6 Å². The highest BCUT2D eigenvalue weighted by Gasteiger charge is 2.32. The molecule has 2 fully saturated rings. The van der Waals surface area contributed by atoms with Gasteiger partial charge in [0.05, 0.1) is 5.69 Å². The van der Waals surface area contributed by atoms with Gasteiger partial charge in [-0.25, -0.2) is 0 Å². The van der Waals surface area contributed by atoms with E-state index in [0.717, 1.165) is 43.4 Å². The first-order valence-corrected chi connectivity index (χ1v) is 16.1. The van der Waals surface area contributed by atoms with Crippen LogP contribution in [0.1, 0.15) is 55.0 Å². The average molecular weight is 585 g/mol. The zero-order valence-corrected chi connectivity index (χ0v) is 26.0. The van der Waals surface area contributed by atoms with Crippen LogP contribution in [0.25, 0.3) is 10.9 Å². The van der Waals surface area contributed by atoms with Gasteiger partial charge in [-0.15, -0.1) is 0 Å². The lowest BCUT2D eigenvalue weighted by molar-refractivity contribution is 0.0814. The van der Waals surface area contributed by atoms with Crippen molar-refractivity contribution in [2.45, 2.75) is 63.9 Å². The highest BCUT2D eigenvalue weighted by molar-refractivity contribution is 6.30. The molecule has 3 aromatic carbocycles. The van der Waals surface area contributed by atoms with Crippen LogP contribution in [0.3, 0.4) is 0 Å². The van der Waals surface area contributed by atoms with Crippen molar-refractivity contribution in [2.24, 2.45) is 0 Å². The van der Waals surface area contributed by atoms with Crippen molar-refractivity contribution in [3.63, 3.8) is 0 Å². The van der Waals surface area contributed by atoms with E-state index in [2.05, 4.69) is 88.0 Å². The zero-order valence-electron chi connectivity index (χ0n) is 25.2. The van der Waals surface area contributed by atoms with Gasteiger partial charge in [0.25, 0.3) is 0 Å². The minimum atomic E-state index is 0.382. The van der Waals surface area contributed by atoms with Crippen molar-refractivity contribution >= 4 is 22.5 Å². The Labute approximate surface area is 256 Å². The van der Waals surface area contributed by atoms with Gasteiger partial charge in [0.1, 0.15) is 12.4 Å². The molecule has 0 N–H and O–H groups in total. The van der Waals surface area contributed by atoms with Gasteiger partial charge in [-0.3, -0.25) is 4.90 Å². The van der Waals surface area contributed by atoms with Crippen LogP contribution in [0.5, 0.6) is 5.75 Å². The minimum Gasteiger partial charge on any atom is -0.487 e. The lowest BCUT2D eigenvalue weighted by Gasteiger charge is -2.42. The summed E-state index contributed by atoms with van der Waals surface area (Å²) in [4.78, 5) is 7.77. The number of piperidine rings is 2. The summed E-state index contributed by atoms with van der Waals surface area (Å²) >= 11 is 6.18. The molecule has 0 radical (unpaired) electrons. The number of ether oxygens (including phenoxy) is 1. The molecule has 2 saturated heterocycles. The van der Waals surface area contributed by atoms with Crippen molar-refractivity contribution in [1.29, 1.82) is 0 Å². The van der Waals surface area contributed by atoms with E-state index in [9.17, 15) is 0 Å². The summed E-state index contributed by atoms with van der Waals surface area (Å²) in [6, 6.07) is 28.8. The molecular formula is C36H45ClN4O. The highest BCUT2D eigenvalue weighted by Crippen LogP contribution is 2.37. The summed E-state index contributed by atoms with van der Waals surface area (Å²) in [6.45, 7) is 7.00. The molecule has 2 aliphatic rings. The van der Waals surface area contributed by atoms with E-state index in [0.29, 0.717) is 18.7 Å². The van der Waals surface area contributed by atoms with E-state index >= 15 is 0 Å². The van der Waals surface area contributed by atoms with Gasteiger partial charge in [0, 0.05) is 54.2 Å². The maximum Gasteiger partial charge on any atom is 0.129 e. The number of hydrogen-bond acceptors (Lipinski definition) is 4. The molecule has 6 rings (SSSR count). The van der Waals surface area contributed by atoms with E-state index in [1.54, 1.807) is 0 Å². The molecule has 1 aromatic heterocycles. The van der Waals surface area contributed by atoms with E-state index in [4.69, 9.17) is 16.3 Å². The quantitative estimate of drug-likeness (QED) is 0.191. The fourth-order valence-corrected chi connectivity index (χ4v) is 7.14. The molecule has 2 aliphatic heterocycles. The van der Waals surface area contributed by atoms with E-state index in [1.165, 1.54) is 66.5 Å². The predicted octanol–water partition coefficient (Wildman–Crippen LogP) is 7.63. The molecule has 0 aliphatic carbocycles. The summed E-state index contributed by atoms with van der Waals surface area (Å²) in [6.07, 6.45) is 6.31. The largest absolute Gasteiger partial charge is 0.487 e.